The number of benzene rings is 2. The number of nitrogens with one attached hydrogen (secondary N) is 1. The number of pyridine rings is 1. The van der Waals surface area contributed by atoms with Crippen LogP contribution < -0.4 is 10.1 Å². The molecule has 1 aromatic heterocycles. The SMILES string of the molecule is COc1ccc(NC(=O)[C@H](C)OC(=O)c2cc(Cl)nc3ccccc23)cc1. The van der Waals surface area contributed by atoms with Crippen molar-refractivity contribution in [3.63, 3.8) is 0 Å². The molecule has 0 bridgehead atoms. The van der Waals surface area contributed by atoms with Crippen LogP contribution in [0.5, 0.6) is 5.75 Å². The van der Waals surface area contributed by atoms with Crippen LogP contribution in [0.3, 0.4) is 0 Å². The van der Waals surface area contributed by atoms with Crippen LogP contribution in [0.4, 0.5) is 5.69 Å². The quantitative estimate of drug-likeness (QED) is 0.529. The van der Waals surface area contributed by atoms with Crippen molar-refractivity contribution in [2.75, 3.05) is 12.4 Å². The molecule has 3 aromatic rings. The first kappa shape index (κ1) is 18.7. The predicted molar refractivity (Wildman–Crippen MR) is 103 cm³/mol. The summed E-state index contributed by atoms with van der Waals surface area (Å²) < 4.78 is 10.4. The number of carbonyl (C=O) groups is 2. The molecular formula is C20H17ClN2O4. The fraction of sp³-hybridized carbons (Fsp3) is 0.150. The smallest absolute Gasteiger partial charge is 0.339 e. The van der Waals surface area contributed by atoms with Gasteiger partial charge in [-0.1, -0.05) is 29.8 Å². The van der Waals surface area contributed by atoms with E-state index in [1.165, 1.54) is 13.0 Å². The maximum absolute atomic E-state index is 12.6. The van der Waals surface area contributed by atoms with Crippen LogP contribution in [0, 0.1) is 0 Å². The van der Waals surface area contributed by atoms with Crippen molar-refractivity contribution in [2.24, 2.45) is 0 Å². The van der Waals surface area contributed by atoms with E-state index >= 15 is 0 Å². The number of nitrogens with zero attached hydrogens (tertiary/aromatic N) is 1. The van der Waals surface area contributed by atoms with Crippen molar-refractivity contribution in [1.29, 1.82) is 0 Å². The maximum Gasteiger partial charge on any atom is 0.339 e. The highest BCUT2D eigenvalue weighted by Gasteiger charge is 2.21. The Morgan fingerprint density at radius 2 is 1.81 bits per heavy atom. The lowest BCUT2D eigenvalue weighted by atomic mass is 10.1. The number of amides is 1. The lowest BCUT2D eigenvalue weighted by Gasteiger charge is -2.14. The summed E-state index contributed by atoms with van der Waals surface area (Å²) in [6.07, 6.45) is -0.995. The molecule has 1 atom stereocenters. The summed E-state index contributed by atoms with van der Waals surface area (Å²) >= 11 is 5.99. The van der Waals surface area contributed by atoms with Gasteiger partial charge in [-0.15, -0.1) is 0 Å². The van der Waals surface area contributed by atoms with Crippen molar-refractivity contribution in [3.8, 4) is 5.75 Å². The number of ether oxygens (including phenoxy) is 2. The predicted octanol–water partition coefficient (Wildman–Crippen LogP) is 4.08. The minimum atomic E-state index is -0.995. The number of anilines is 1. The van der Waals surface area contributed by atoms with Gasteiger partial charge in [-0.25, -0.2) is 9.78 Å². The van der Waals surface area contributed by atoms with E-state index in [4.69, 9.17) is 21.1 Å². The van der Waals surface area contributed by atoms with Gasteiger partial charge >= 0.3 is 5.97 Å². The molecule has 0 aliphatic rings. The minimum absolute atomic E-state index is 0.177. The number of rotatable bonds is 5. The largest absolute Gasteiger partial charge is 0.497 e. The molecule has 3 rings (SSSR count). The van der Waals surface area contributed by atoms with Gasteiger partial charge in [0.1, 0.15) is 10.9 Å². The summed E-state index contributed by atoms with van der Waals surface area (Å²) in [5.74, 6) is -0.417. The number of para-hydroxylation sites is 1. The van der Waals surface area contributed by atoms with E-state index in [-0.39, 0.29) is 10.7 Å². The van der Waals surface area contributed by atoms with E-state index in [0.717, 1.165) is 0 Å². The molecule has 27 heavy (non-hydrogen) atoms. The standard InChI is InChI=1S/C20H17ClN2O4/c1-12(19(24)22-13-7-9-14(26-2)10-8-13)27-20(25)16-11-18(21)23-17-6-4-3-5-15(16)17/h3-12H,1-2H3,(H,22,24)/t12-/m0/s1. The number of aromatic nitrogens is 1. The summed E-state index contributed by atoms with van der Waals surface area (Å²) in [6.45, 7) is 1.50. The molecule has 0 aliphatic heterocycles. The number of methoxy groups -OCH3 is 1. The maximum atomic E-state index is 12.6. The highest BCUT2D eigenvalue weighted by Crippen LogP contribution is 2.22. The molecule has 2 aromatic carbocycles. The van der Waals surface area contributed by atoms with E-state index in [1.807, 2.05) is 0 Å². The zero-order valence-electron chi connectivity index (χ0n) is 14.7. The Labute approximate surface area is 161 Å². The van der Waals surface area contributed by atoms with E-state index in [1.54, 1.807) is 55.6 Å². The minimum Gasteiger partial charge on any atom is -0.497 e. The van der Waals surface area contributed by atoms with Crippen molar-refractivity contribution in [2.45, 2.75) is 13.0 Å². The second kappa shape index (κ2) is 8.05. The Balaban J connectivity index is 1.72. The number of fused-ring (bicyclic) bond motifs is 1. The Hall–Kier alpha value is -3.12. The molecule has 0 saturated heterocycles. The number of esters is 1. The van der Waals surface area contributed by atoms with Crippen LogP contribution in [-0.4, -0.2) is 30.1 Å². The Bertz CT molecular complexity index is 989. The molecule has 0 spiro atoms. The van der Waals surface area contributed by atoms with Crippen molar-refractivity contribution in [3.05, 3.63) is 65.3 Å². The van der Waals surface area contributed by atoms with Crippen LogP contribution in [0.15, 0.2) is 54.6 Å². The van der Waals surface area contributed by atoms with E-state index in [0.29, 0.717) is 22.3 Å². The molecular weight excluding hydrogens is 368 g/mol. The second-order valence-electron chi connectivity index (χ2n) is 5.77. The lowest BCUT2D eigenvalue weighted by Crippen LogP contribution is -2.30. The van der Waals surface area contributed by atoms with E-state index in [2.05, 4.69) is 10.3 Å². The van der Waals surface area contributed by atoms with Gasteiger partial charge in [0, 0.05) is 11.1 Å². The molecule has 0 aliphatic carbocycles. The second-order valence-corrected chi connectivity index (χ2v) is 6.16. The fourth-order valence-electron chi connectivity index (χ4n) is 2.51. The first-order valence-corrected chi connectivity index (χ1v) is 8.57. The zero-order valence-corrected chi connectivity index (χ0v) is 15.5. The summed E-state index contributed by atoms with van der Waals surface area (Å²) in [5, 5.41) is 3.47. The van der Waals surface area contributed by atoms with Gasteiger partial charge in [0.15, 0.2) is 6.10 Å². The number of hydrogen-bond donors (Lipinski definition) is 1. The van der Waals surface area contributed by atoms with Gasteiger partial charge < -0.3 is 14.8 Å². The van der Waals surface area contributed by atoms with Crippen LogP contribution in [0.25, 0.3) is 10.9 Å². The normalized spacial score (nSPS) is 11.7. The highest BCUT2D eigenvalue weighted by atomic mass is 35.5. The summed E-state index contributed by atoms with van der Waals surface area (Å²) in [7, 11) is 1.56. The summed E-state index contributed by atoms with van der Waals surface area (Å²) in [6, 6.07) is 15.3. The third-order valence-corrected chi connectivity index (χ3v) is 4.11. The van der Waals surface area contributed by atoms with Gasteiger partial charge in [0.25, 0.3) is 5.91 Å². The number of hydrogen-bond acceptors (Lipinski definition) is 5. The van der Waals surface area contributed by atoms with Gasteiger partial charge in [-0.2, -0.15) is 0 Å². The summed E-state index contributed by atoms with van der Waals surface area (Å²) in [4.78, 5) is 29.0. The molecule has 7 heteroatoms. The topological polar surface area (TPSA) is 77.5 Å². The van der Waals surface area contributed by atoms with Crippen molar-refractivity contribution in [1.82, 2.24) is 4.98 Å². The monoisotopic (exact) mass is 384 g/mol. The number of halogens is 1. The zero-order chi connectivity index (χ0) is 19.4. The first-order chi connectivity index (χ1) is 13.0. The first-order valence-electron chi connectivity index (χ1n) is 8.19. The van der Waals surface area contributed by atoms with Gasteiger partial charge in [0.05, 0.1) is 18.2 Å². The Morgan fingerprint density at radius 3 is 2.52 bits per heavy atom. The van der Waals surface area contributed by atoms with Gasteiger partial charge in [-0.3, -0.25) is 4.79 Å². The third kappa shape index (κ3) is 4.35. The number of carbonyl (C=O) groups excluding carboxylic acids is 2. The lowest BCUT2D eigenvalue weighted by molar-refractivity contribution is -0.123. The average molecular weight is 385 g/mol. The molecule has 1 heterocycles. The molecule has 6 nitrogen and oxygen atoms in total. The molecule has 0 fully saturated rings. The average Bonchev–Trinajstić information content (AvgIpc) is 2.67. The molecule has 138 valence electrons. The third-order valence-electron chi connectivity index (χ3n) is 3.92. The van der Waals surface area contributed by atoms with Crippen molar-refractivity contribution < 1.29 is 19.1 Å². The van der Waals surface area contributed by atoms with Crippen LogP contribution in [0.1, 0.15) is 17.3 Å². The van der Waals surface area contributed by atoms with E-state index < -0.39 is 18.0 Å². The van der Waals surface area contributed by atoms with Crippen LogP contribution in [0.2, 0.25) is 5.15 Å². The van der Waals surface area contributed by atoms with Crippen molar-refractivity contribution >= 4 is 40.1 Å². The van der Waals surface area contributed by atoms with Gasteiger partial charge in [-0.05, 0) is 43.3 Å². The Kier molecular flexibility index (Phi) is 5.57. The molecule has 1 amide bonds. The van der Waals surface area contributed by atoms with Gasteiger partial charge in [0.2, 0.25) is 0 Å². The molecule has 0 radical (unpaired) electrons. The molecule has 0 saturated carbocycles. The van der Waals surface area contributed by atoms with Crippen LogP contribution >= 0.6 is 11.6 Å². The highest BCUT2D eigenvalue weighted by molar-refractivity contribution is 6.30. The van der Waals surface area contributed by atoms with E-state index in [9.17, 15) is 9.59 Å². The summed E-state index contributed by atoms with van der Waals surface area (Å²) in [5.41, 5.74) is 1.41. The molecule has 0 unspecified atom stereocenters. The fourth-order valence-corrected chi connectivity index (χ4v) is 2.71. The van der Waals surface area contributed by atoms with Crippen LogP contribution in [-0.2, 0) is 9.53 Å². The Morgan fingerprint density at radius 1 is 1.11 bits per heavy atom. The molecule has 1 N–H and O–H groups in total.